The van der Waals surface area contributed by atoms with Gasteiger partial charge in [0.2, 0.25) is 5.60 Å². The Hall–Kier alpha value is -1.08. The van der Waals surface area contributed by atoms with Crippen LogP contribution in [0, 0.1) is 0 Å². The van der Waals surface area contributed by atoms with Crippen LogP contribution < -0.4 is 5.73 Å². The Labute approximate surface area is 161 Å². The molecule has 2 heterocycles. The van der Waals surface area contributed by atoms with Gasteiger partial charge in [0.05, 0.1) is 12.7 Å². The van der Waals surface area contributed by atoms with Crippen LogP contribution in [0.1, 0.15) is 19.2 Å². The number of nitrogens with zero attached hydrogens (tertiary/aromatic N) is 4. The summed E-state index contributed by atoms with van der Waals surface area (Å²) >= 11 is 0. The molecule has 1 aromatic rings. The van der Waals surface area contributed by atoms with E-state index in [2.05, 4.69) is 9.98 Å². The maximum absolute atomic E-state index is 13.4. The molecule has 1 aliphatic rings. The summed E-state index contributed by atoms with van der Waals surface area (Å²) in [5.74, 6) is -0.321. The van der Waals surface area contributed by atoms with Gasteiger partial charge in [-0.05, 0) is 6.92 Å². The lowest BCUT2D eigenvalue weighted by Crippen LogP contribution is -2.48. The van der Waals surface area contributed by atoms with Crippen molar-refractivity contribution in [1.29, 1.82) is 0 Å². The number of nitrogens with two attached hydrogens (primary N) is 1. The highest BCUT2D eigenvalue weighted by Crippen LogP contribution is 2.40. The first-order valence-electron chi connectivity index (χ1n) is 7.58. The SMILES string of the molecule is CC1CN(C(N)=NCCC(O)(c2nccn2C)C(F)(F)F)CCO1.I. The zero-order valence-corrected chi connectivity index (χ0v) is 16.4. The highest BCUT2D eigenvalue weighted by Gasteiger charge is 2.57. The molecular formula is C14H23F3IN5O2. The molecule has 2 atom stereocenters. The monoisotopic (exact) mass is 477 g/mol. The fraction of sp³-hybridized carbons (Fsp3) is 0.714. The van der Waals surface area contributed by atoms with Crippen LogP contribution in [0.3, 0.4) is 0 Å². The number of aliphatic imine (C=N–C) groups is 1. The van der Waals surface area contributed by atoms with Crippen molar-refractivity contribution in [3.63, 3.8) is 0 Å². The van der Waals surface area contributed by atoms with Crippen molar-refractivity contribution in [2.45, 2.75) is 31.2 Å². The molecule has 0 radical (unpaired) electrons. The molecule has 25 heavy (non-hydrogen) atoms. The summed E-state index contributed by atoms with van der Waals surface area (Å²) in [4.78, 5) is 9.38. The second kappa shape index (κ2) is 8.54. The molecule has 0 bridgehead atoms. The molecule has 0 aliphatic carbocycles. The van der Waals surface area contributed by atoms with Crippen LogP contribution in [-0.2, 0) is 17.4 Å². The number of ether oxygens (including phenoxy) is 1. The molecule has 1 aliphatic heterocycles. The first-order chi connectivity index (χ1) is 11.1. The maximum Gasteiger partial charge on any atom is 0.424 e. The molecule has 0 saturated carbocycles. The van der Waals surface area contributed by atoms with Gasteiger partial charge in [-0.3, -0.25) is 4.99 Å². The molecule has 0 spiro atoms. The number of hydrogen-bond donors (Lipinski definition) is 2. The lowest BCUT2D eigenvalue weighted by atomic mass is 9.98. The van der Waals surface area contributed by atoms with Crippen LogP contribution in [0.4, 0.5) is 13.2 Å². The molecule has 3 N–H and O–H groups in total. The quantitative estimate of drug-likeness (QED) is 0.387. The Balaban J connectivity index is 0.00000312. The summed E-state index contributed by atoms with van der Waals surface area (Å²) in [7, 11) is 1.39. The first kappa shape index (κ1) is 22.0. The fourth-order valence-electron chi connectivity index (χ4n) is 2.60. The Morgan fingerprint density at radius 1 is 1.52 bits per heavy atom. The van der Waals surface area contributed by atoms with Gasteiger partial charge in [0.25, 0.3) is 0 Å². The maximum atomic E-state index is 13.4. The minimum Gasteiger partial charge on any atom is -0.375 e. The second-order valence-corrected chi connectivity index (χ2v) is 5.84. The molecule has 2 unspecified atom stereocenters. The van der Waals surface area contributed by atoms with E-state index in [1.54, 1.807) is 4.90 Å². The third-order valence-electron chi connectivity index (χ3n) is 3.97. The molecule has 1 saturated heterocycles. The summed E-state index contributed by atoms with van der Waals surface area (Å²) in [6, 6.07) is 0. The van der Waals surface area contributed by atoms with Crippen molar-refractivity contribution in [2.75, 3.05) is 26.2 Å². The molecular weight excluding hydrogens is 454 g/mol. The Kier molecular flexibility index (Phi) is 7.50. The number of hydrogen-bond acceptors (Lipinski definition) is 4. The predicted molar refractivity (Wildman–Crippen MR) is 96.7 cm³/mol. The predicted octanol–water partition coefficient (Wildman–Crippen LogP) is 1.21. The number of guanidine groups is 1. The van der Waals surface area contributed by atoms with Crippen LogP contribution >= 0.6 is 24.0 Å². The minimum atomic E-state index is -4.87. The summed E-state index contributed by atoms with van der Waals surface area (Å²) < 4.78 is 46.6. The van der Waals surface area contributed by atoms with Gasteiger partial charge in [-0.1, -0.05) is 0 Å². The molecule has 11 heteroatoms. The molecule has 0 amide bonds. The Bertz CT molecular complexity index is 595. The van der Waals surface area contributed by atoms with Gasteiger partial charge in [0.1, 0.15) is 5.82 Å². The molecule has 0 aromatic carbocycles. The van der Waals surface area contributed by atoms with E-state index in [0.29, 0.717) is 19.7 Å². The smallest absolute Gasteiger partial charge is 0.375 e. The highest BCUT2D eigenvalue weighted by atomic mass is 127. The first-order valence-corrected chi connectivity index (χ1v) is 7.58. The fourth-order valence-corrected chi connectivity index (χ4v) is 2.60. The van der Waals surface area contributed by atoms with Gasteiger partial charge in [0.15, 0.2) is 5.96 Å². The normalized spacial score (nSPS) is 21.6. The van der Waals surface area contributed by atoms with Crippen LogP contribution in [0.15, 0.2) is 17.4 Å². The lowest BCUT2D eigenvalue weighted by molar-refractivity contribution is -0.272. The number of morpholine rings is 1. The number of alkyl halides is 3. The third kappa shape index (κ3) is 4.97. The molecule has 144 valence electrons. The van der Waals surface area contributed by atoms with Crippen LogP contribution in [0.2, 0.25) is 0 Å². The van der Waals surface area contributed by atoms with E-state index in [-0.39, 0.29) is 42.6 Å². The van der Waals surface area contributed by atoms with Crippen molar-refractivity contribution in [2.24, 2.45) is 17.8 Å². The number of aromatic nitrogens is 2. The van der Waals surface area contributed by atoms with E-state index in [0.717, 1.165) is 4.57 Å². The number of halogens is 4. The van der Waals surface area contributed by atoms with E-state index in [9.17, 15) is 18.3 Å². The molecule has 2 rings (SSSR count). The molecule has 1 fully saturated rings. The molecule has 1 aromatic heterocycles. The zero-order chi connectivity index (χ0) is 18.0. The average molecular weight is 477 g/mol. The van der Waals surface area contributed by atoms with Crippen LogP contribution in [0.25, 0.3) is 0 Å². The van der Waals surface area contributed by atoms with Crippen molar-refractivity contribution in [3.05, 3.63) is 18.2 Å². The summed E-state index contributed by atoms with van der Waals surface area (Å²) in [5.41, 5.74) is 2.76. The number of imidazole rings is 1. The van der Waals surface area contributed by atoms with Crippen molar-refractivity contribution < 1.29 is 23.0 Å². The van der Waals surface area contributed by atoms with Crippen LogP contribution in [0.5, 0.6) is 0 Å². The van der Waals surface area contributed by atoms with Crippen LogP contribution in [-0.4, -0.2) is 64.0 Å². The Morgan fingerprint density at radius 3 is 2.72 bits per heavy atom. The highest BCUT2D eigenvalue weighted by molar-refractivity contribution is 14.0. The van der Waals surface area contributed by atoms with E-state index in [1.165, 1.54) is 19.4 Å². The summed E-state index contributed by atoms with van der Waals surface area (Å²) in [5, 5.41) is 10.2. The van der Waals surface area contributed by atoms with Gasteiger partial charge in [-0.25, -0.2) is 4.98 Å². The topological polar surface area (TPSA) is 88.9 Å². The molecule has 7 nitrogen and oxygen atoms in total. The van der Waals surface area contributed by atoms with E-state index >= 15 is 0 Å². The van der Waals surface area contributed by atoms with Crippen molar-refractivity contribution >= 4 is 29.9 Å². The van der Waals surface area contributed by atoms with Crippen molar-refractivity contribution in [3.8, 4) is 0 Å². The number of aliphatic hydroxyl groups is 1. The Morgan fingerprint density at radius 2 is 2.20 bits per heavy atom. The zero-order valence-electron chi connectivity index (χ0n) is 14.0. The van der Waals surface area contributed by atoms with Gasteiger partial charge in [0, 0.05) is 45.5 Å². The largest absolute Gasteiger partial charge is 0.424 e. The standard InChI is InChI=1S/C14H22F3N5O2.HI/c1-10-9-22(7-8-24-10)12(18)20-4-3-13(23,14(15,16)17)11-19-5-6-21(11)2;/h5-6,10,23H,3-4,7-9H2,1-2H3,(H2,18,20);1H. The van der Waals surface area contributed by atoms with E-state index in [1.807, 2.05) is 6.92 Å². The number of aryl methyl sites for hydroxylation is 1. The van der Waals surface area contributed by atoms with Gasteiger partial charge < -0.3 is 25.0 Å². The summed E-state index contributed by atoms with van der Waals surface area (Å²) in [6.45, 7) is 3.14. The average Bonchev–Trinajstić information content (AvgIpc) is 2.92. The minimum absolute atomic E-state index is 0. The van der Waals surface area contributed by atoms with Crippen molar-refractivity contribution in [1.82, 2.24) is 14.5 Å². The van der Waals surface area contributed by atoms with E-state index < -0.39 is 24.0 Å². The number of rotatable bonds is 4. The third-order valence-corrected chi connectivity index (χ3v) is 3.97. The summed E-state index contributed by atoms with van der Waals surface area (Å²) in [6.07, 6.45) is -3.00. The second-order valence-electron chi connectivity index (χ2n) is 5.84. The van der Waals surface area contributed by atoms with Gasteiger partial charge >= 0.3 is 6.18 Å². The lowest BCUT2D eigenvalue weighted by Gasteiger charge is -2.32. The van der Waals surface area contributed by atoms with Gasteiger partial charge in [-0.15, -0.1) is 24.0 Å². The van der Waals surface area contributed by atoms with Gasteiger partial charge in [-0.2, -0.15) is 13.2 Å². The van der Waals surface area contributed by atoms with E-state index in [4.69, 9.17) is 10.5 Å².